The van der Waals surface area contributed by atoms with Gasteiger partial charge >= 0.3 is 0 Å². The fourth-order valence-electron chi connectivity index (χ4n) is 5.67. The minimum absolute atomic E-state index is 0.407. The van der Waals surface area contributed by atoms with E-state index in [1.54, 1.807) is 0 Å². The van der Waals surface area contributed by atoms with Crippen molar-refractivity contribution in [2.24, 2.45) is 0 Å². The molecule has 0 saturated heterocycles. The van der Waals surface area contributed by atoms with Crippen LogP contribution < -0.4 is 19.2 Å². The summed E-state index contributed by atoms with van der Waals surface area (Å²) in [7, 11) is -4.76. The maximum Gasteiger partial charge on any atom is 0.287 e. The molecule has 0 aliphatic rings. The molecule has 0 aliphatic carbocycles. The van der Waals surface area contributed by atoms with Crippen LogP contribution in [0.5, 0.6) is 11.5 Å². The molecule has 0 atom stereocenters. The third-order valence-electron chi connectivity index (χ3n) is 7.45. The third-order valence-corrected chi connectivity index (χ3v) is 19.2. The van der Waals surface area contributed by atoms with Crippen LogP contribution in [0.1, 0.15) is 55.4 Å². The average Bonchev–Trinajstić information content (AvgIpc) is 2.82. The molecule has 0 amide bonds. The Balaban J connectivity index is 2.12. The van der Waals surface area contributed by atoms with Crippen LogP contribution >= 0.6 is 31.9 Å². The van der Waals surface area contributed by atoms with Crippen molar-refractivity contribution >= 4 is 58.9 Å². The van der Waals surface area contributed by atoms with E-state index in [2.05, 4.69) is 136 Å². The summed E-state index contributed by atoms with van der Waals surface area (Å²) in [6.07, 6.45) is 0. The van der Waals surface area contributed by atoms with Crippen LogP contribution in [0.15, 0.2) is 81.7 Å². The van der Waals surface area contributed by atoms with Crippen LogP contribution in [0.4, 0.5) is 0 Å². The van der Waals surface area contributed by atoms with Gasteiger partial charge in [0.15, 0.2) is 0 Å². The zero-order valence-corrected chi connectivity index (χ0v) is 28.0. The van der Waals surface area contributed by atoms with Crippen molar-refractivity contribution in [1.82, 2.24) is 0 Å². The fraction of sp³-hybridized carbons (Fsp3) is 0.400. The van der Waals surface area contributed by atoms with Gasteiger partial charge in [0.2, 0.25) is 0 Å². The third kappa shape index (κ3) is 5.57. The van der Waals surface area contributed by atoms with E-state index >= 15 is 0 Å². The first-order chi connectivity index (χ1) is 17.0. The highest BCUT2D eigenvalue weighted by Gasteiger charge is 2.49. The van der Waals surface area contributed by atoms with Crippen molar-refractivity contribution in [3.63, 3.8) is 0 Å². The van der Waals surface area contributed by atoms with Gasteiger partial charge in [0, 0.05) is 0 Å². The highest BCUT2D eigenvalue weighted by molar-refractivity contribution is 9.10. The SMILES string of the molecule is CC(C)[Si](Oc1ccccc1Br)(c1ccc([Si](Oc2ccccc2Br)(C(C)C)C(C)C)cc1)C(C)C. The molecule has 36 heavy (non-hydrogen) atoms. The summed E-state index contributed by atoms with van der Waals surface area (Å²) in [4.78, 5) is 0. The predicted octanol–water partition coefficient (Wildman–Crippen LogP) is 9.31. The van der Waals surface area contributed by atoms with Crippen LogP contribution in [0.2, 0.25) is 22.2 Å². The molecule has 194 valence electrons. The van der Waals surface area contributed by atoms with E-state index in [0.29, 0.717) is 22.2 Å². The summed E-state index contributed by atoms with van der Waals surface area (Å²) >= 11 is 7.42. The van der Waals surface area contributed by atoms with Gasteiger partial charge < -0.3 is 8.85 Å². The molecule has 0 spiro atoms. The van der Waals surface area contributed by atoms with Crippen molar-refractivity contribution < 1.29 is 8.85 Å². The van der Waals surface area contributed by atoms with Gasteiger partial charge in [-0.25, -0.2) is 0 Å². The largest absolute Gasteiger partial charge is 0.538 e. The number of hydrogen-bond donors (Lipinski definition) is 0. The van der Waals surface area contributed by atoms with Crippen molar-refractivity contribution in [1.29, 1.82) is 0 Å². The second-order valence-electron chi connectivity index (χ2n) is 10.8. The highest BCUT2D eigenvalue weighted by atomic mass is 79.9. The zero-order valence-electron chi connectivity index (χ0n) is 22.8. The number of benzene rings is 3. The molecule has 3 aromatic carbocycles. The molecule has 2 nitrogen and oxygen atoms in total. The van der Waals surface area contributed by atoms with Crippen LogP contribution in [0.3, 0.4) is 0 Å². The molecule has 6 heteroatoms. The Morgan fingerprint density at radius 1 is 0.472 bits per heavy atom. The van der Waals surface area contributed by atoms with Gasteiger partial charge in [0.25, 0.3) is 16.6 Å². The van der Waals surface area contributed by atoms with E-state index in [1.165, 1.54) is 10.4 Å². The van der Waals surface area contributed by atoms with Crippen molar-refractivity contribution in [3.05, 3.63) is 81.7 Å². The van der Waals surface area contributed by atoms with Crippen molar-refractivity contribution in [2.75, 3.05) is 0 Å². The average molecular weight is 649 g/mol. The van der Waals surface area contributed by atoms with Crippen LogP contribution in [-0.2, 0) is 0 Å². The predicted molar refractivity (Wildman–Crippen MR) is 167 cm³/mol. The molecule has 0 saturated carbocycles. The highest BCUT2D eigenvalue weighted by Crippen LogP contribution is 2.39. The molecule has 0 heterocycles. The van der Waals surface area contributed by atoms with Gasteiger partial charge in [-0.15, -0.1) is 0 Å². The zero-order chi connectivity index (χ0) is 26.7. The minimum Gasteiger partial charge on any atom is -0.538 e. The molecule has 3 aromatic rings. The van der Waals surface area contributed by atoms with E-state index in [0.717, 1.165) is 20.4 Å². The monoisotopic (exact) mass is 646 g/mol. The first-order valence-corrected chi connectivity index (χ1v) is 18.7. The number of rotatable bonds is 10. The van der Waals surface area contributed by atoms with Gasteiger partial charge in [-0.1, -0.05) is 104 Å². The Kier molecular flexibility index (Phi) is 9.75. The summed E-state index contributed by atoms with van der Waals surface area (Å²) < 4.78 is 16.1. The first kappa shape index (κ1) is 29.2. The number of hydrogen-bond acceptors (Lipinski definition) is 2. The Bertz CT molecular complexity index is 1040. The molecular formula is C30H40Br2O2Si2. The Hall–Kier alpha value is -1.35. The Morgan fingerprint density at radius 3 is 1.00 bits per heavy atom. The Morgan fingerprint density at radius 2 is 0.750 bits per heavy atom. The van der Waals surface area contributed by atoms with Crippen LogP contribution in [0.25, 0.3) is 0 Å². The first-order valence-electron chi connectivity index (χ1n) is 12.9. The lowest BCUT2D eigenvalue weighted by Gasteiger charge is -2.41. The van der Waals surface area contributed by atoms with E-state index < -0.39 is 16.6 Å². The molecule has 0 bridgehead atoms. The van der Waals surface area contributed by atoms with Gasteiger partial charge in [-0.3, -0.25) is 0 Å². The van der Waals surface area contributed by atoms with Gasteiger partial charge in [-0.2, -0.15) is 0 Å². The summed E-state index contributed by atoms with van der Waals surface area (Å²) in [5, 5.41) is 2.67. The lowest BCUT2D eigenvalue weighted by molar-refractivity contribution is 0.511. The molecule has 0 fully saturated rings. The lowest BCUT2D eigenvalue weighted by Crippen LogP contribution is -2.61. The molecule has 0 aromatic heterocycles. The van der Waals surface area contributed by atoms with Crippen molar-refractivity contribution in [3.8, 4) is 11.5 Å². The topological polar surface area (TPSA) is 18.5 Å². The molecular weight excluding hydrogens is 608 g/mol. The minimum atomic E-state index is -2.38. The fourth-order valence-corrected chi connectivity index (χ4v) is 15.7. The molecule has 0 unspecified atom stereocenters. The summed E-state index contributed by atoms with van der Waals surface area (Å²) in [6, 6.07) is 25.8. The standard InChI is InChI=1S/C30H40Br2O2Si2/c1-21(2)35(22(3)4,33-29-15-11-9-13-27(29)31)25-17-19-26(20-18-25)36(23(5)6,24(7)8)34-30-16-12-10-14-28(30)32/h9-24H,1-8H3. The molecule has 0 aliphatic heterocycles. The van der Waals surface area contributed by atoms with E-state index in [-0.39, 0.29) is 0 Å². The molecule has 0 N–H and O–H groups in total. The van der Waals surface area contributed by atoms with Gasteiger partial charge in [-0.05, 0) is 88.7 Å². The lowest BCUT2D eigenvalue weighted by atomic mass is 10.3. The molecule has 0 radical (unpaired) electrons. The Labute approximate surface area is 237 Å². The van der Waals surface area contributed by atoms with E-state index in [1.807, 2.05) is 24.3 Å². The maximum atomic E-state index is 7.04. The smallest absolute Gasteiger partial charge is 0.287 e. The van der Waals surface area contributed by atoms with Gasteiger partial charge in [0.1, 0.15) is 11.5 Å². The maximum absolute atomic E-state index is 7.04. The number of halogens is 2. The summed E-state index contributed by atoms with van der Waals surface area (Å²) in [5.41, 5.74) is 1.63. The van der Waals surface area contributed by atoms with Crippen molar-refractivity contribution in [2.45, 2.75) is 77.6 Å². The normalized spacial score (nSPS) is 12.6. The number of para-hydroxylation sites is 2. The summed E-state index contributed by atoms with van der Waals surface area (Å²) in [6.45, 7) is 18.5. The molecule has 3 rings (SSSR count). The summed E-state index contributed by atoms with van der Waals surface area (Å²) in [5.74, 6) is 1.86. The van der Waals surface area contributed by atoms with Crippen LogP contribution in [0, 0.1) is 0 Å². The van der Waals surface area contributed by atoms with E-state index in [4.69, 9.17) is 8.85 Å². The second-order valence-corrected chi connectivity index (χ2v) is 21.9. The van der Waals surface area contributed by atoms with Gasteiger partial charge in [0.05, 0.1) is 8.95 Å². The van der Waals surface area contributed by atoms with Crippen LogP contribution in [-0.4, -0.2) is 16.6 Å². The second kappa shape index (κ2) is 12.0. The van der Waals surface area contributed by atoms with E-state index in [9.17, 15) is 0 Å². The quantitative estimate of drug-likeness (QED) is 0.204.